The van der Waals surface area contributed by atoms with Gasteiger partial charge in [0.1, 0.15) is 0 Å². The van der Waals surface area contributed by atoms with Crippen LogP contribution in [0.4, 0.5) is 5.69 Å². The van der Waals surface area contributed by atoms with Crippen LogP contribution in [0, 0.1) is 0 Å². The highest BCUT2D eigenvalue weighted by Crippen LogP contribution is 2.24. The standard InChI is InChI=1S/C16H11BrN2O/c17-13-9-10(6-7-14(13)18)16(20)12-3-1-5-15-11(12)4-2-8-19-15/h1-9H,18H2. The highest BCUT2D eigenvalue weighted by atomic mass is 79.9. The number of nitrogens with two attached hydrogens (primary N) is 1. The predicted molar refractivity (Wildman–Crippen MR) is 83.7 cm³/mol. The maximum atomic E-state index is 12.6. The Hall–Kier alpha value is -2.20. The summed E-state index contributed by atoms with van der Waals surface area (Å²) in [6, 6.07) is 14.5. The number of hydrogen-bond donors (Lipinski definition) is 1. The molecule has 0 amide bonds. The normalized spacial score (nSPS) is 10.7. The number of rotatable bonds is 2. The van der Waals surface area contributed by atoms with Gasteiger partial charge in [-0.15, -0.1) is 0 Å². The Balaban J connectivity index is 2.15. The summed E-state index contributed by atoms with van der Waals surface area (Å²) in [5.41, 5.74) is 8.42. The molecule has 2 aromatic carbocycles. The van der Waals surface area contributed by atoms with Gasteiger partial charge in [-0.1, -0.05) is 18.2 Å². The highest BCUT2D eigenvalue weighted by Gasteiger charge is 2.13. The van der Waals surface area contributed by atoms with Gasteiger partial charge in [0.05, 0.1) is 5.52 Å². The fraction of sp³-hybridized carbons (Fsp3) is 0. The lowest BCUT2D eigenvalue weighted by Gasteiger charge is -2.06. The van der Waals surface area contributed by atoms with Crippen LogP contribution in [-0.4, -0.2) is 10.8 Å². The molecule has 20 heavy (non-hydrogen) atoms. The van der Waals surface area contributed by atoms with E-state index in [1.165, 1.54) is 0 Å². The van der Waals surface area contributed by atoms with Crippen molar-refractivity contribution in [3.05, 3.63) is 70.3 Å². The van der Waals surface area contributed by atoms with Crippen LogP contribution in [-0.2, 0) is 0 Å². The number of halogens is 1. The molecule has 3 rings (SSSR count). The summed E-state index contributed by atoms with van der Waals surface area (Å²) in [5, 5.41) is 0.855. The molecular weight excluding hydrogens is 316 g/mol. The zero-order chi connectivity index (χ0) is 14.1. The lowest BCUT2D eigenvalue weighted by molar-refractivity contribution is 0.104. The Labute approximate surface area is 124 Å². The van der Waals surface area contributed by atoms with Crippen molar-refractivity contribution < 1.29 is 4.79 Å². The summed E-state index contributed by atoms with van der Waals surface area (Å²) >= 11 is 3.35. The fourth-order valence-electron chi connectivity index (χ4n) is 2.13. The van der Waals surface area contributed by atoms with E-state index in [0.29, 0.717) is 16.8 Å². The third-order valence-electron chi connectivity index (χ3n) is 3.15. The van der Waals surface area contributed by atoms with Crippen molar-refractivity contribution in [3.8, 4) is 0 Å². The highest BCUT2D eigenvalue weighted by molar-refractivity contribution is 9.10. The van der Waals surface area contributed by atoms with E-state index >= 15 is 0 Å². The van der Waals surface area contributed by atoms with Gasteiger partial charge in [-0.3, -0.25) is 9.78 Å². The molecule has 0 aliphatic carbocycles. The van der Waals surface area contributed by atoms with Gasteiger partial charge in [0, 0.05) is 32.9 Å². The predicted octanol–water partition coefficient (Wildman–Crippen LogP) is 3.81. The van der Waals surface area contributed by atoms with Crippen molar-refractivity contribution in [1.29, 1.82) is 0 Å². The monoisotopic (exact) mass is 326 g/mol. The minimum atomic E-state index is -0.0377. The molecule has 98 valence electrons. The molecular formula is C16H11BrN2O. The number of pyridine rings is 1. The third kappa shape index (κ3) is 2.18. The van der Waals surface area contributed by atoms with Crippen molar-refractivity contribution in [2.45, 2.75) is 0 Å². The van der Waals surface area contributed by atoms with Gasteiger partial charge in [-0.25, -0.2) is 0 Å². The average molecular weight is 327 g/mol. The molecule has 1 heterocycles. The number of nitrogen functional groups attached to an aromatic ring is 1. The summed E-state index contributed by atoms with van der Waals surface area (Å²) < 4.78 is 0.724. The molecule has 4 heteroatoms. The van der Waals surface area contributed by atoms with Crippen LogP contribution in [0.25, 0.3) is 10.9 Å². The number of nitrogens with zero attached hydrogens (tertiary/aromatic N) is 1. The van der Waals surface area contributed by atoms with Crippen LogP contribution in [0.3, 0.4) is 0 Å². The van der Waals surface area contributed by atoms with E-state index in [0.717, 1.165) is 15.4 Å². The van der Waals surface area contributed by atoms with Gasteiger partial charge in [0.15, 0.2) is 5.78 Å². The Morgan fingerprint density at radius 1 is 1.10 bits per heavy atom. The van der Waals surface area contributed by atoms with Crippen molar-refractivity contribution >= 4 is 38.3 Å². The zero-order valence-corrected chi connectivity index (χ0v) is 12.1. The van der Waals surface area contributed by atoms with Crippen LogP contribution >= 0.6 is 15.9 Å². The van der Waals surface area contributed by atoms with E-state index in [-0.39, 0.29) is 5.78 Å². The van der Waals surface area contributed by atoms with E-state index in [1.807, 2.05) is 30.3 Å². The first-order valence-corrected chi connectivity index (χ1v) is 6.89. The second-order valence-electron chi connectivity index (χ2n) is 4.44. The number of carbonyl (C=O) groups excluding carboxylic acids is 1. The number of hydrogen-bond acceptors (Lipinski definition) is 3. The van der Waals surface area contributed by atoms with Gasteiger partial charge < -0.3 is 5.73 Å². The number of anilines is 1. The quantitative estimate of drug-likeness (QED) is 0.575. The Kier molecular flexibility index (Phi) is 3.24. The van der Waals surface area contributed by atoms with Crippen LogP contribution in [0.5, 0.6) is 0 Å². The molecule has 1 aromatic heterocycles. The van der Waals surface area contributed by atoms with E-state index in [4.69, 9.17) is 5.73 Å². The molecule has 0 atom stereocenters. The Bertz CT molecular complexity index is 809. The molecule has 0 unspecified atom stereocenters. The van der Waals surface area contributed by atoms with Crippen LogP contribution in [0.2, 0.25) is 0 Å². The number of benzene rings is 2. The fourth-order valence-corrected chi connectivity index (χ4v) is 2.50. The minimum absolute atomic E-state index is 0.0377. The molecule has 0 saturated carbocycles. The first-order valence-electron chi connectivity index (χ1n) is 6.10. The van der Waals surface area contributed by atoms with Crippen LogP contribution in [0.15, 0.2) is 59.2 Å². The lowest BCUT2D eigenvalue weighted by atomic mass is 9.99. The molecule has 0 saturated heterocycles. The van der Waals surface area contributed by atoms with Crippen molar-refractivity contribution in [2.24, 2.45) is 0 Å². The molecule has 2 N–H and O–H groups in total. The number of aromatic nitrogens is 1. The second kappa shape index (κ2) is 5.06. The molecule has 3 aromatic rings. The smallest absolute Gasteiger partial charge is 0.193 e. The SMILES string of the molecule is Nc1ccc(C(=O)c2cccc3ncccc23)cc1Br. The molecule has 0 bridgehead atoms. The van der Waals surface area contributed by atoms with Gasteiger partial charge in [0.25, 0.3) is 0 Å². The number of ketones is 1. The Morgan fingerprint density at radius 2 is 1.95 bits per heavy atom. The first kappa shape index (κ1) is 12.8. The molecule has 0 radical (unpaired) electrons. The topological polar surface area (TPSA) is 56.0 Å². The number of fused-ring (bicyclic) bond motifs is 1. The van der Waals surface area contributed by atoms with Gasteiger partial charge >= 0.3 is 0 Å². The van der Waals surface area contributed by atoms with E-state index < -0.39 is 0 Å². The summed E-state index contributed by atoms with van der Waals surface area (Å²) in [6.07, 6.45) is 1.72. The van der Waals surface area contributed by atoms with Crippen molar-refractivity contribution in [2.75, 3.05) is 5.73 Å². The molecule has 0 fully saturated rings. The lowest BCUT2D eigenvalue weighted by Crippen LogP contribution is -2.03. The molecule has 3 nitrogen and oxygen atoms in total. The summed E-state index contributed by atoms with van der Waals surface area (Å²) in [7, 11) is 0. The first-order chi connectivity index (χ1) is 9.66. The largest absolute Gasteiger partial charge is 0.398 e. The van der Waals surface area contributed by atoms with Gasteiger partial charge in [0.2, 0.25) is 0 Å². The Morgan fingerprint density at radius 3 is 2.75 bits per heavy atom. The van der Waals surface area contributed by atoms with E-state index in [9.17, 15) is 4.79 Å². The summed E-state index contributed by atoms with van der Waals surface area (Å²) in [4.78, 5) is 16.9. The molecule has 0 aliphatic rings. The van der Waals surface area contributed by atoms with Gasteiger partial charge in [-0.2, -0.15) is 0 Å². The van der Waals surface area contributed by atoms with Crippen molar-refractivity contribution in [1.82, 2.24) is 4.98 Å². The summed E-state index contributed by atoms with van der Waals surface area (Å²) in [6.45, 7) is 0. The third-order valence-corrected chi connectivity index (χ3v) is 3.84. The molecule has 0 aliphatic heterocycles. The van der Waals surface area contributed by atoms with E-state index in [1.54, 1.807) is 24.4 Å². The van der Waals surface area contributed by atoms with Crippen LogP contribution < -0.4 is 5.73 Å². The zero-order valence-electron chi connectivity index (χ0n) is 10.5. The van der Waals surface area contributed by atoms with Gasteiger partial charge in [-0.05, 0) is 46.3 Å². The maximum Gasteiger partial charge on any atom is 0.193 e. The van der Waals surface area contributed by atoms with E-state index in [2.05, 4.69) is 20.9 Å². The number of carbonyl (C=O) groups is 1. The average Bonchev–Trinajstić information content (AvgIpc) is 2.49. The summed E-state index contributed by atoms with van der Waals surface area (Å²) in [5.74, 6) is -0.0377. The van der Waals surface area contributed by atoms with Crippen LogP contribution in [0.1, 0.15) is 15.9 Å². The minimum Gasteiger partial charge on any atom is -0.398 e. The maximum absolute atomic E-state index is 12.6. The molecule has 0 spiro atoms. The van der Waals surface area contributed by atoms with Crippen molar-refractivity contribution in [3.63, 3.8) is 0 Å². The second-order valence-corrected chi connectivity index (χ2v) is 5.30.